The summed E-state index contributed by atoms with van der Waals surface area (Å²) in [5.41, 5.74) is 9.72. The number of carbonyl (C=O) groups is 4. The van der Waals surface area contributed by atoms with Gasteiger partial charge in [-0.2, -0.15) is 0 Å². The fourth-order valence-corrected chi connectivity index (χ4v) is 7.97. The fourth-order valence-electron chi connectivity index (χ4n) is 7.97. The molecule has 16 nitrogen and oxygen atoms in total. The van der Waals surface area contributed by atoms with E-state index in [1.54, 1.807) is 72.8 Å². The van der Waals surface area contributed by atoms with E-state index in [0.29, 0.717) is 112 Å². The van der Waals surface area contributed by atoms with E-state index in [1.807, 2.05) is 72.8 Å². The zero-order valence-electron chi connectivity index (χ0n) is 35.6. The Balaban J connectivity index is 1.39. The van der Waals surface area contributed by atoms with Crippen molar-refractivity contribution in [3.8, 4) is 67.5 Å². The van der Waals surface area contributed by atoms with Crippen LogP contribution in [0.1, 0.15) is 22.8 Å². The summed E-state index contributed by atoms with van der Waals surface area (Å²) in [6.07, 6.45) is 7.45. The van der Waals surface area contributed by atoms with Gasteiger partial charge in [-0.15, -0.1) is 0 Å². The summed E-state index contributed by atoms with van der Waals surface area (Å²) in [4.78, 5) is 63.7. The van der Waals surface area contributed by atoms with Crippen molar-refractivity contribution in [1.82, 2.24) is 19.9 Å². The Bertz CT molecular complexity index is 2970. The molecule has 0 saturated heterocycles. The normalized spacial score (nSPS) is 11.5. The van der Waals surface area contributed by atoms with Crippen molar-refractivity contribution in [3.05, 3.63) is 144 Å². The van der Waals surface area contributed by atoms with E-state index in [2.05, 4.69) is 9.97 Å². The third kappa shape index (κ3) is 9.64. The van der Waals surface area contributed by atoms with Gasteiger partial charge >= 0.3 is 23.9 Å². The first-order chi connectivity index (χ1) is 32.9. The molecule has 2 aliphatic rings. The van der Waals surface area contributed by atoms with Crippen LogP contribution >= 0.6 is 0 Å². The second kappa shape index (κ2) is 19.0. The Morgan fingerprint density at radius 3 is 0.824 bits per heavy atom. The Hall–Kier alpha value is -9.44. The minimum atomic E-state index is -1.13. The molecular weight excluding hydrogens is 873 g/mol. The standard InChI is InChI=1S/C52H38N4O12/c57-45(58)25-65-33-9-1-5-29(21-33)49-37-13-15-39(53-37)50(30-6-2-10-34(22-30)66-26-46(59)60)41-17-19-43(55-41)52(32-8-4-12-36(24-32)68-28-48(63)64)44-20-18-42(56-44)51(40-16-14-38(49)54-40)31-7-3-11-35(23-31)67-27-47(61)62/h1-24,53,56H,25-28H2,(H,57,58)(H,59,60)(H,61,62)(H,63,64). The third-order valence-corrected chi connectivity index (χ3v) is 10.7. The number of aliphatic carboxylic acids is 4. The van der Waals surface area contributed by atoms with Crippen LogP contribution in [0.15, 0.2) is 121 Å². The van der Waals surface area contributed by atoms with E-state index in [0.717, 1.165) is 0 Å². The predicted octanol–water partition coefficient (Wildman–Crippen LogP) is 9.18. The Kier molecular flexibility index (Phi) is 12.2. The first-order valence-corrected chi connectivity index (χ1v) is 20.9. The number of benzene rings is 4. The molecule has 3 aromatic heterocycles. The van der Waals surface area contributed by atoms with Gasteiger partial charge in [0.15, 0.2) is 26.4 Å². The van der Waals surface area contributed by atoms with Crippen LogP contribution < -0.4 is 18.9 Å². The number of aromatic nitrogens is 4. The first kappa shape index (κ1) is 43.8. The van der Waals surface area contributed by atoms with Crippen LogP contribution in [0.5, 0.6) is 23.0 Å². The summed E-state index contributed by atoms with van der Waals surface area (Å²) >= 11 is 0. The van der Waals surface area contributed by atoms with Crippen molar-refractivity contribution < 1.29 is 58.6 Å². The smallest absolute Gasteiger partial charge is 0.341 e. The third-order valence-electron chi connectivity index (χ3n) is 10.7. The summed E-state index contributed by atoms with van der Waals surface area (Å²) in [5, 5.41) is 37.6. The van der Waals surface area contributed by atoms with E-state index < -0.39 is 50.3 Å². The van der Waals surface area contributed by atoms with Gasteiger partial charge in [0.05, 0.1) is 22.8 Å². The van der Waals surface area contributed by atoms with Crippen LogP contribution in [-0.4, -0.2) is 90.7 Å². The Morgan fingerprint density at radius 2 is 0.603 bits per heavy atom. The lowest BCUT2D eigenvalue weighted by Crippen LogP contribution is -2.09. The lowest BCUT2D eigenvalue weighted by atomic mass is 10.0. The number of carboxylic acid groups (broad SMARTS) is 4. The zero-order chi connectivity index (χ0) is 47.3. The average Bonchev–Trinajstić information content (AvgIpc) is 4.18. The Labute approximate surface area is 385 Å². The highest BCUT2D eigenvalue weighted by Crippen LogP contribution is 2.40. The van der Waals surface area contributed by atoms with Crippen LogP contribution in [0.25, 0.3) is 90.9 Å². The van der Waals surface area contributed by atoms with Gasteiger partial charge in [0.2, 0.25) is 0 Å². The lowest BCUT2D eigenvalue weighted by Gasteiger charge is -2.10. The molecule has 4 aromatic carbocycles. The zero-order valence-corrected chi connectivity index (χ0v) is 35.6. The largest absolute Gasteiger partial charge is 0.482 e. The number of rotatable bonds is 16. The number of ether oxygens (including phenoxy) is 4. The van der Waals surface area contributed by atoms with E-state index in [9.17, 15) is 39.6 Å². The number of hydrogen-bond acceptors (Lipinski definition) is 10. The van der Waals surface area contributed by atoms with Crippen molar-refractivity contribution in [2.75, 3.05) is 26.4 Å². The molecule has 0 atom stereocenters. The summed E-state index contributed by atoms with van der Waals surface area (Å²) in [6.45, 7) is -2.22. The SMILES string of the molecule is O=C(O)COc1cccc(-c2c3nc(c(-c4cccc(OCC(=O)O)c4)c4ccc([nH]4)c(-c4cccc(OCC(=O)O)c4)c4nc(c(-c5cccc(OCC(=O)O)c5)c5ccc2[nH]5)C=C4)C=C3)c1. The average molecular weight is 911 g/mol. The van der Waals surface area contributed by atoms with Crippen molar-refractivity contribution in [2.45, 2.75) is 0 Å². The van der Waals surface area contributed by atoms with Gasteiger partial charge < -0.3 is 49.3 Å². The fraction of sp³-hybridized carbons (Fsp3) is 0.0769. The summed E-state index contributed by atoms with van der Waals surface area (Å²) < 4.78 is 22.5. The van der Waals surface area contributed by atoms with Crippen LogP contribution in [0, 0.1) is 0 Å². The summed E-state index contributed by atoms with van der Waals surface area (Å²) in [7, 11) is 0. The van der Waals surface area contributed by atoms with E-state index in [4.69, 9.17) is 28.9 Å². The maximum atomic E-state index is 11.5. The number of hydrogen-bond donors (Lipinski definition) is 6. The molecule has 7 aromatic rings. The van der Waals surface area contributed by atoms with Crippen molar-refractivity contribution >= 4 is 70.2 Å². The molecule has 0 fully saturated rings. The number of nitrogens with one attached hydrogen (secondary N) is 2. The van der Waals surface area contributed by atoms with Crippen LogP contribution in [0.4, 0.5) is 0 Å². The molecule has 338 valence electrons. The van der Waals surface area contributed by atoms with E-state index >= 15 is 0 Å². The van der Waals surface area contributed by atoms with Gasteiger partial charge in [-0.1, -0.05) is 48.5 Å². The van der Waals surface area contributed by atoms with Gasteiger partial charge in [0, 0.05) is 44.3 Å². The molecule has 0 unspecified atom stereocenters. The van der Waals surface area contributed by atoms with Crippen LogP contribution in [0.2, 0.25) is 0 Å². The molecule has 0 spiro atoms. The quantitative estimate of drug-likeness (QED) is 0.0530. The number of fused-ring (bicyclic) bond motifs is 8. The van der Waals surface area contributed by atoms with Gasteiger partial charge in [-0.3, -0.25) is 0 Å². The van der Waals surface area contributed by atoms with Crippen LogP contribution in [0.3, 0.4) is 0 Å². The first-order valence-electron chi connectivity index (χ1n) is 20.9. The molecule has 0 saturated carbocycles. The second-order valence-electron chi connectivity index (χ2n) is 15.3. The minimum Gasteiger partial charge on any atom is -0.482 e. The maximum absolute atomic E-state index is 11.5. The van der Waals surface area contributed by atoms with Gasteiger partial charge in [-0.05, 0) is 119 Å². The summed E-state index contributed by atoms with van der Waals surface area (Å²) in [6, 6.07) is 35.6. The number of nitrogens with zero attached hydrogens (tertiary/aromatic N) is 2. The molecule has 6 N–H and O–H groups in total. The maximum Gasteiger partial charge on any atom is 0.341 e. The monoisotopic (exact) mass is 910 g/mol. The molecule has 0 amide bonds. The van der Waals surface area contributed by atoms with E-state index in [1.165, 1.54) is 0 Å². The Morgan fingerprint density at radius 1 is 0.368 bits per heavy atom. The molecule has 2 aliphatic heterocycles. The minimum absolute atomic E-state index is 0.317. The lowest BCUT2D eigenvalue weighted by molar-refractivity contribution is -0.140. The molecule has 8 bridgehead atoms. The molecule has 0 aliphatic carbocycles. The van der Waals surface area contributed by atoms with Crippen LogP contribution in [-0.2, 0) is 19.2 Å². The van der Waals surface area contributed by atoms with E-state index in [-0.39, 0.29) is 0 Å². The highest BCUT2D eigenvalue weighted by molar-refractivity contribution is 6.00. The molecule has 9 rings (SSSR count). The number of carboxylic acids is 4. The molecule has 5 heterocycles. The van der Waals surface area contributed by atoms with Crippen molar-refractivity contribution in [1.29, 1.82) is 0 Å². The van der Waals surface area contributed by atoms with Gasteiger partial charge in [0.1, 0.15) is 23.0 Å². The predicted molar refractivity (Wildman–Crippen MR) is 253 cm³/mol. The highest BCUT2D eigenvalue weighted by atomic mass is 16.5. The molecule has 16 heteroatoms. The molecule has 68 heavy (non-hydrogen) atoms. The van der Waals surface area contributed by atoms with Crippen molar-refractivity contribution in [3.63, 3.8) is 0 Å². The van der Waals surface area contributed by atoms with Crippen molar-refractivity contribution in [2.24, 2.45) is 0 Å². The second-order valence-corrected chi connectivity index (χ2v) is 15.3. The molecule has 0 radical (unpaired) electrons. The highest BCUT2D eigenvalue weighted by Gasteiger charge is 2.20. The number of H-pyrrole nitrogens is 2. The molecular formula is C52H38N4O12. The summed E-state index contributed by atoms with van der Waals surface area (Å²) in [5.74, 6) is -3.27. The van der Waals surface area contributed by atoms with Gasteiger partial charge in [-0.25, -0.2) is 29.1 Å². The number of aromatic amines is 2. The van der Waals surface area contributed by atoms with Gasteiger partial charge in [0.25, 0.3) is 0 Å². The topological polar surface area (TPSA) is 243 Å².